The lowest BCUT2D eigenvalue weighted by Crippen LogP contribution is -2.51. The fourth-order valence-corrected chi connectivity index (χ4v) is 5.34. The fraction of sp³-hybridized carbons (Fsp3) is 0.458. The van der Waals surface area contributed by atoms with Gasteiger partial charge in [0.15, 0.2) is 0 Å². The number of carbonyl (C=O) groups excluding carboxylic acids is 1. The van der Waals surface area contributed by atoms with Crippen LogP contribution in [0.15, 0.2) is 48.5 Å². The molecule has 1 aliphatic carbocycles. The van der Waals surface area contributed by atoms with Crippen molar-refractivity contribution in [3.8, 4) is 11.1 Å². The molecule has 2 aliphatic heterocycles. The molecule has 3 fully saturated rings. The number of halogens is 3. The summed E-state index contributed by atoms with van der Waals surface area (Å²) < 4.78 is 52.1. The van der Waals surface area contributed by atoms with Crippen LogP contribution in [-0.4, -0.2) is 53.3 Å². The van der Waals surface area contributed by atoms with Crippen molar-refractivity contribution in [1.29, 1.82) is 0 Å². The number of rotatable bonds is 7. The maximum Gasteiger partial charge on any atom is 0.283 e. The maximum absolute atomic E-state index is 15.1. The number of amides is 1. The molecular weight excluding hydrogens is 437 g/mol. The van der Waals surface area contributed by atoms with Gasteiger partial charge in [-0.15, -0.1) is 0 Å². The number of nitrogens with zero attached hydrogens (tertiary/aromatic N) is 1. The second-order valence-electron chi connectivity index (χ2n) is 8.77. The van der Waals surface area contributed by atoms with Crippen molar-refractivity contribution in [2.75, 3.05) is 13.2 Å². The minimum atomic E-state index is -3.04. The van der Waals surface area contributed by atoms with Gasteiger partial charge >= 0.3 is 0 Å². The van der Waals surface area contributed by atoms with Crippen LogP contribution in [0.2, 0.25) is 0 Å². The monoisotopic (exact) mass is 462 g/mol. The van der Waals surface area contributed by atoms with Crippen LogP contribution in [0.4, 0.5) is 13.2 Å². The van der Waals surface area contributed by atoms with Gasteiger partial charge in [-0.05, 0) is 48.1 Å². The van der Waals surface area contributed by atoms with E-state index in [4.69, 9.17) is 4.74 Å². The standard InChI is InChI=1S/C24H25F3N2O2S/c25-18-6-2-5-17(13-18)16-4-1-3-15(11-16)12-20-22(28-32-19-7-8-19)24(26,27)14-29(20)23(30)21-9-10-31-21/h1-6,11,13,19-22,28H,7-10,12,14H2. The van der Waals surface area contributed by atoms with E-state index in [1.165, 1.54) is 29.0 Å². The quantitative estimate of drug-likeness (QED) is 0.618. The second kappa shape index (κ2) is 8.72. The molecule has 5 rings (SSSR count). The third-order valence-electron chi connectivity index (χ3n) is 6.29. The Morgan fingerprint density at radius 2 is 1.84 bits per heavy atom. The zero-order valence-corrected chi connectivity index (χ0v) is 18.3. The van der Waals surface area contributed by atoms with Crippen molar-refractivity contribution in [1.82, 2.24) is 9.62 Å². The van der Waals surface area contributed by atoms with Gasteiger partial charge in [0.2, 0.25) is 0 Å². The van der Waals surface area contributed by atoms with Gasteiger partial charge in [-0.2, -0.15) is 0 Å². The highest BCUT2D eigenvalue weighted by Crippen LogP contribution is 2.40. The van der Waals surface area contributed by atoms with E-state index in [-0.39, 0.29) is 18.1 Å². The number of likely N-dealkylation sites (tertiary alicyclic amines) is 1. The third-order valence-corrected chi connectivity index (χ3v) is 7.49. The van der Waals surface area contributed by atoms with Gasteiger partial charge in [0, 0.05) is 11.7 Å². The molecule has 0 spiro atoms. The van der Waals surface area contributed by atoms with Crippen LogP contribution >= 0.6 is 11.9 Å². The first-order chi connectivity index (χ1) is 15.4. The molecule has 1 N–H and O–H groups in total. The smallest absolute Gasteiger partial charge is 0.283 e. The minimum Gasteiger partial charge on any atom is -0.368 e. The average Bonchev–Trinajstić information content (AvgIpc) is 3.51. The van der Waals surface area contributed by atoms with Crippen molar-refractivity contribution in [2.24, 2.45) is 0 Å². The van der Waals surface area contributed by atoms with Gasteiger partial charge in [-0.1, -0.05) is 48.3 Å². The van der Waals surface area contributed by atoms with E-state index in [2.05, 4.69) is 4.72 Å². The average molecular weight is 463 g/mol. The number of alkyl halides is 2. The fourth-order valence-electron chi connectivity index (χ4n) is 4.30. The van der Waals surface area contributed by atoms with Crippen molar-refractivity contribution >= 4 is 17.9 Å². The van der Waals surface area contributed by atoms with Crippen LogP contribution in [0.5, 0.6) is 0 Å². The lowest BCUT2D eigenvalue weighted by Gasteiger charge is -2.34. The van der Waals surface area contributed by atoms with E-state index >= 15 is 8.78 Å². The summed E-state index contributed by atoms with van der Waals surface area (Å²) in [6.07, 6.45) is 2.27. The third kappa shape index (κ3) is 4.54. The second-order valence-corrected chi connectivity index (χ2v) is 9.91. The molecule has 2 saturated heterocycles. The molecule has 170 valence electrons. The van der Waals surface area contributed by atoms with Gasteiger partial charge < -0.3 is 9.64 Å². The number of ether oxygens (including phenoxy) is 1. The van der Waals surface area contributed by atoms with Crippen molar-refractivity contribution in [3.05, 3.63) is 59.9 Å². The van der Waals surface area contributed by atoms with E-state index in [0.29, 0.717) is 18.3 Å². The maximum atomic E-state index is 15.1. The van der Waals surface area contributed by atoms with Gasteiger partial charge in [0.05, 0.1) is 19.2 Å². The zero-order chi connectivity index (χ0) is 22.3. The Balaban J connectivity index is 1.42. The number of nitrogens with one attached hydrogen (secondary N) is 1. The highest BCUT2D eigenvalue weighted by molar-refractivity contribution is 7.98. The molecule has 8 heteroatoms. The summed E-state index contributed by atoms with van der Waals surface area (Å²) in [6.45, 7) is -0.122. The number of carbonyl (C=O) groups is 1. The van der Waals surface area contributed by atoms with Crippen LogP contribution < -0.4 is 4.72 Å². The number of hydrogen-bond donors (Lipinski definition) is 1. The molecule has 3 aliphatic rings. The Kier molecular flexibility index (Phi) is 5.94. The Morgan fingerprint density at radius 3 is 2.50 bits per heavy atom. The molecule has 4 nitrogen and oxygen atoms in total. The highest BCUT2D eigenvalue weighted by Gasteiger charge is 2.57. The summed E-state index contributed by atoms with van der Waals surface area (Å²) in [5.74, 6) is -3.73. The first-order valence-corrected chi connectivity index (χ1v) is 11.8. The summed E-state index contributed by atoms with van der Waals surface area (Å²) in [6, 6.07) is 11.9. The predicted octanol–water partition coefficient (Wildman–Crippen LogP) is 4.44. The summed E-state index contributed by atoms with van der Waals surface area (Å²) in [5, 5.41) is 0.363. The van der Waals surface area contributed by atoms with Gasteiger partial charge in [-0.3, -0.25) is 9.52 Å². The van der Waals surface area contributed by atoms with E-state index in [1.54, 1.807) is 6.07 Å². The minimum absolute atomic E-state index is 0.278. The van der Waals surface area contributed by atoms with Gasteiger partial charge in [0.25, 0.3) is 11.8 Å². The molecule has 2 aromatic carbocycles. The van der Waals surface area contributed by atoms with Crippen LogP contribution in [0.25, 0.3) is 11.1 Å². The molecule has 3 atom stereocenters. The van der Waals surface area contributed by atoms with Crippen LogP contribution in [0.3, 0.4) is 0 Å². The Labute approximate surface area is 189 Å². The summed E-state index contributed by atoms with van der Waals surface area (Å²) in [7, 11) is 0. The summed E-state index contributed by atoms with van der Waals surface area (Å²) in [5.41, 5.74) is 2.35. The zero-order valence-electron chi connectivity index (χ0n) is 17.5. The molecule has 0 aromatic heterocycles. The van der Waals surface area contributed by atoms with E-state index in [0.717, 1.165) is 29.5 Å². The van der Waals surface area contributed by atoms with Crippen LogP contribution in [0.1, 0.15) is 24.8 Å². The molecule has 2 aromatic rings. The Bertz CT molecular complexity index is 997. The van der Waals surface area contributed by atoms with Crippen LogP contribution in [0, 0.1) is 5.82 Å². The molecular formula is C24H25F3N2O2S. The Morgan fingerprint density at radius 1 is 1.12 bits per heavy atom. The summed E-state index contributed by atoms with van der Waals surface area (Å²) >= 11 is 1.36. The number of benzene rings is 2. The normalized spacial score (nSPS) is 26.7. The lowest BCUT2D eigenvalue weighted by atomic mass is 9.96. The topological polar surface area (TPSA) is 41.6 Å². The molecule has 1 saturated carbocycles. The first kappa shape index (κ1) is 21.8. The molecule has 0 bridgehead atoms. The van der Waals surface area contributed by atoms with Crippen molar-refractivity contribution in [3.63, 3.8) is 0 Å². The van der Waals surface area contributed by atoms with Crippen molar-refractivity contribution in [2.45, 2.75) is 55.0 Å². The molecule has 3 unspecified atom stereocenters. The first-order valence-electron chi connectivity index (χ1n) is 11.0. The molecule has 0 radical (unpaired) electrons. The van der Waals surface area contributed by atoms with E-state index in [1.807, 2.05) is 30.3 Å². The molecule has 1 amide bonds. The van der Waals surface area contributed by atoms with Crippen LogP contribution in [-0.2, 0) is 16.0 Å². The van der Waals surface area contributed by atoms with Gasteiger partial charge in [0.1, 0.15) is 18.0 Å². The Hall–Kier alpha value is -2.03. The van der Waals surface area contributed by atoms with Gasteiger partial charge in [-0.25, -0.2) is 13.2 Å². The lowest BCUT2D eigenvalue weighted by molar-refractivity contribution is -0.158. The van der Waals surface area contributed by atoms with E-state index < -0.39 is 30.7 Å². The molecule has 2 heterocycles. The highest BCUT2D eigenvalue weighted by atomic mass is 32.2. The van der Waals surface area contributed by atoms with Crippen molar-refractivity contribution < 1.29 is 22.7 Å². The predicted molar refractivity (Wildman–Crippen MR) is 118 cm³/mol. The van der Waals surface area contributed by atoms with E-state index in [9.17, 15) is 9.18 Å². The SMILES string of the molecule is O=C(C1CCO1)N1CC(F)(F)C(NSC2CC2)C1Cc1cccc(-c2cccc(F)c2)c1. The largest absolute Gasteiger partial charge is 0.368 e. The summed E-state index contributed by atoms with van der Waals surface area (Å²) in [4.78, 5) is 14.2. The number of hydrogen-bond acceptors (Lipinski definition) is 4. The molecule has 32 heavy (non-hydrogen) atoms.